The Kier molecular flexibility index (Phi) is 2.18. The number of carbonyl (C=O) groups is 1. The number of hydrogen-bond donors (Lipinski definition) is 0. The fourth-order valence-corrected chi connectivity index (χ4v) is 2.34. The second-order valence-corrected chi connectivity index (χ2v) is 4.71. The van der Waals surface area contributed by atoms with Crippen molar-refractivity contribution in [3.63, 3.8) is 0 Å². The molecule has 1 saturated carbocycles. The zero-order valence-corrected chi connectivity index (χ0v) is 8.07. The monoisotopic (exact) mass is 204 g/mol. The van der Waals surface area contributed by atoms with Crippen molar-refractivity contribution in [3.05, 3.63) is 0 Å². The van der Waals surface area contributed by atoms with Gasteiger partial charge in [0, 0.05) is 5.41 Å². The van der Waals surface area contributed by atoms with Gasteiger partial charge in [0.2, 0.25) is 0 Å². The maximum absolute atomic E-state index is 11.4. The molecule has 1 aliphatic carbocycles. The largest absolute Gasteiger partial charge is 0.298 e. The molecule has 1 nitrogen and oxygen atoms in total. The summed E-state index contributed by atoms with van der Waals surface area (Å²) in [4.78, 5) is 11.5. The summed E-state index contributed by atoms with van der Waals surface area (Å²) in [5.41, 5.74) is -0.0770. The van der Waals surface area contributed by atoms with E-state index in [-0.39, 0.29) is 10.2 Å². The first-order valence-corrected chi connectivity index (χ1v) is 4.64. The van der Waals surface area contributed by atoms with E-state index in [1.807, 2.05) is 13.8 Å². The van der Waals surface area contributed by atoms with Crippen LogP contribution in [0.25, 0.3) is 0 Å². The van der Waals surface area contributed by atoms with Gasteiger partial charge in [0.25, 0.3) is 0 Å². The van der Waals surface area contributed by atoms with Crippen molar-refractivity contribution >= 4 is 21.7 Å². The SMILES string of the molecule is CC1(C)CCC[C@H](Br)C1=O. The topological polar surface area (TPSA) is 17.1 Å². The van der Waals surface area contributed by atoms with Crippen molar-refractivity contribution in [2.45, 2.75) is 37.9 Å². The van der Waals surface area contributed by atoms with E-state index in [4.69, 9.17) is 0 Å². The third-order valence-corrected chi connectivity index (χ3v) is 3.08. The van der Waals surface area contributed by atoms with Gasteiger partial charge in [-0.2, -0.15) is 0 Å². The van der Waals surface area contributed by atoms with E-state index >= 15 is 0 Å². The van der Waals surface area contributed by atoms with Gasteiger partial charge in [-0.15, -0.1) is 0 Å². The van der Waals surface area contributed by atoms with Crippen LogP contribution in [0.1, 0.15) is 33.1 Å². The zero-order valence-electron chi connectivity index (χ0n) is 6.48. The lowest BCUT2D eigenvalue weighted by molar-refractivity contribution is -0.128. The van der Waals surface area contributed by atoms with Gasteiger partial charge >= 0.3 is 0 Å². The molecule has 0 bridgehead atoms. The van der Waals surface area contributed by atoms with Gasteiger partial charge in [0.15, 0.2) is 5.78 Å². The maximum Gasteiger partial charge on any atom is 0.152 e. The first-order valence-electron chi connectivity index (χ1n) is 3.72. The van der Waals surface area contributed by atoms with E-state index in [0.29, 0.717) is 5.78 Å². The molecule has 0 aliphatic heterocycles. The van der Waals surface area contributed by atoms with Crippen molar-refractivity contribution in [1.82, 2.24) is 0 Å². The fraction of sp³-hybridized carbons (Fsp3) is 0.875. The Morgan fingerprint density at radius 3 is 2.60 bits per heavy atom. The first-order chi connectivity index (χ1) is 4.54. The second-order valence-electron chi connectivity index (χ2n) is 3.61. The highest BCUT2D eigenvalue weighted by molar-refractivity contribution is 9.10. The average Bonchev–Trinajstić information content (AvgIpc) is 1.83. The van der Waals surface area contributed by atoms with Gasteiger partial charge in [-0.25, -0.2) is 0 Å². The minimum atomic E-state index is -0.0770. The molecule has 2 heteroatoms. The van der Waals surface area contributed by atoms with Crippen LogP contribution in [0.15, 0.2) is 0 Å². The van der Waals surface area contributed by atoms with Gasteiger partial charge < -0.3 is 0 Å². The standard InChI is InChI=1S/C8H13BrO/c1-8(2)5-3-4-6(9)7(8)10/h6H,3-5H2,1-2H3/t6-/m0/s1. The van der Waals surface area contributed by atoms with Gasteiger partial charge in [-0.1, -0.05) is 36.2 Å². The number of Topliss-reactive ketones (excluding diaryl/α,β-unsaturated/α-hetero) is 1. The highest BCUT2D eigenvalue weighted by Gasteiger charge is 2.35. The van der Waals surface area contributed by atoms with E-state index < -0.39 is 0 Å². The van der Waals surface area contributed by atoms with Crippen molar-refractivity contribution in [2.75, 3.05) is 0 Å². The summed E-state index contributed by atoms with van der Waals surface area (Å²) < 4.78 is 0. The van der Waals surface area contributed by atoms with Crippen molar-refractivity contribution < 1.29 is 4.79 Å². The molecule has 0 aromatic rings. The predicted molar refractivity (Wildman–Crippen MR) is 45.4 cm³/mol. The fourth-order valence-electron chi connectivity index (χ4n) is 1.40. The Balaban J connectivity index is 2.70. The zero-order chi connectivity index (χ0) is 7.78. The molecule has 1 fully saturated rings. The molecule has 0 radical (unpaired) electrons. The molecule has 0 spiro atoms. The molecule has 0 aromatic carbocycles. The molecule has 1 aliphatic rings. The van der Waals surface area contributed by atoms with Crippen molar-refractivity contribution in [2.24, 2.45) is 5.41 Å². The number of ketones is 1. The van der Waals surface area contributed by atoms with Crippen LogP contribution in [-0.4, -0.2) is 10.6 Å². The van der Waals surface area contributed by atoms with Crippen LogP contribution in [0.3, 0.4) is 0 Å². The highest BCUT2D eigenvalue weighted by atomic mass is 79.9. The second kappa shape index (κ2) is 2.65. The Labute approximate surface area is 70.3 Å². The van der Waals surface area contributed by atoms with Crippen LogP contribution >= 0.6 is 15.9 Å². The lowest BCUT2D eigenvalue weighted by Gasteiger charge is -2.30. The van der Waals surface area contributed by atoms with Gasteiger partial charge in [-0.3, -0.25) is 4.79 Å². The normalized spacial score (nSPS) is 32.3. The minimum Gasteiger partial charge on any atom is -0.298 e. The molecule has 0 aromatic heterocycles. The molecule has 58 valence electrons. The smallest absolute Gasteiger partial charge is 0.152 e. The molecule has 0 unspecified atom stereocenters. The molecular weight excluding hydrogens is 192 g/mol. The number of carbonyl (C=O) groups excluding carboxylic acids is 1. The molecular formula is C8H13BrO. The van der Waals surface area contributed by atoms with Gasteiger partial charge in [0.05, 0.1) is 4.83 Å². The summed E-state index contributed by atoms with van der Waals surface area (Å²) in [7, 11) is 0. The third kappa shape index (κ3) is 1.42. The van der Waals surface area contributed by atoms with E-state index in [9.17, 15) is 4.79 Å². The molecule has 1 rings (SSSR count). The average molecular weight is 205 g/mol. The summed E-state index contributed by atoms with van der Waals surface area (Å²) in [6.07, 6.45) is 3.24. The summed E-state index contributed by atoms with van der Waals surface area (Å²) in [5.74, 6) is 0.374. The molecule has 0 saturated heterocycles. The highest BCUT2D eigenvalue weighted by Crippen LogP contribution is 2.34. The van der Waals surface area contributed by atoms with Crippen LogP contribution in [0.4, 0.5) is 0 Å². The number of rotatable bonds is 0. The summed E-state index contributed by atoms with van der Waals surface area (Å²) in [5, 5.41) is 0. The van der Waals surface area contributed by atoms with Crippen LogP contribution < -0.4 is 0 Å². The molecule has 10 heavy (non-hydrogen) atoms. The first kappa shape index (κ1) is 8.25. The van der Waals surface area contributed by atoms with Crippen LogP contribution in [-0.2, 0) is 4.79 Å². The molecule has 0 heterocycles. The quantitative estimate of drug-likeness (QED) is 0.555. The molecule has 0 amide bonds. The Bertz CT molecular complexity index is 151. The summed E-state index contributed by atoms with van der Waals surface area (Å²) in [6.45, 7) is 4.06. The van der Waals surface area contributed by atoms with Crippen LogP contribution in [0, 0.1) is 5.41 Å². The van der Waals surface area contributed by atoms with Crippen molar-refractivity contribution in [1.29, 1.82) is 0 Å². The Hall–Kier alpha value is 0.150. The predicted octanol–water partition coefficient (Wildman–Crippen LogP) is 2.53. The number of hydrogen-bond acceptors (Lipinski definition) is 1. The van der Waals surface area contributed by atoms with E-state index in [1.54, 1.807) is 0 Å². The third-order valence-electron chi connectivity index (χ3n) is 2.21. The van der Waals surface area contributed by atoms with Crippen LogP contribution in [0.2, 0.25) is 0 Å². The van der Waals surface area contributed by atoms with Gasteiger partial charge in [-0.05, 0) is 12.8 Å². The molecule has 1 atom stereocenters. The van der Waals surface area contributed by atoms with E-state index in [2.05, 4.69) is 15.9 Å². The minimum absolute atomic E-state index is 0.0770. The summed E-state index contributed by atoms with van der Waals surface area (Å²) >= 11 is 3.38. The Morgan fingerprint density at radius 2 is 2.20 bits per heavy atom. The molecule has 0 N–H and O–H groups in total. The lowest BCUT2D eigenvalue weighted by atomic mass is 9.76. The number of halogens is 1. The van der Waals surface area contributed by atoms with E-state index in [0.717, 1.165) is 12.8 Å². The Morgan fingerprint density at radius 1 is 1.60 bits per heavy atom. The van der Waals surface area contributed by atoms with Gasteiger partial charge in [0.1, 0.15) is 0 Å². The van der Waals surface area contributed by atoms with Crippen LogP contribution in [0.5, 0.6) is 0 Å². The van der Waals surface area contributed by atoms with Crippen molar-refractivity contribution in [3.8, 4) is 0 Å². The summed E-state index contributed by atoms with van der Waals surface area (Å²) in [6, 6.07) is 0. The lowest BCUT2D eigenvalue weighted by Crippen LogP contribution is -2.35. The number of alkyl halides is 1. The van der Waals surface area contributed by atoms with E-state index in [1.165, 1.54) is 6.42 Å². The maximum atomic E-state index is 11.4.